The van der Waals surface area contributed by atoms with E-state index in [4.69, 9.17) is 5.73 Å². The monoisotopic (exact) mass is 211 g/mol. The van der Waals surface area contributed by atoms with Gasteiger partial charge in [-0.25, -0.2) is 4.98 Å². The average molecular weight is 211 g/mol. The topological polar surface area (TPSA) is 107 Å². The molecular weight excluding hydrogens is 198 g/mol. The van der Waals surface area contributed by atoms with Crippen LogP contribution in [0, 0.1) is 17.0 Å². The zero-order valence-electron chi connectivity index (χ0n) is 8.81. The zero-order chi connectivity index (χ0) is 11.6. The molecule has 3 N–H and O–H groups in total. The lowest BCUT2D eigenvalue weighted by atomic mass is 10.3. The molecule has 7 heteroatoms. The van der Waals surface area contributed by atoms with E-state index >= 15 is 0 Å². The molecule has 0 saturated carbocycles. The van der Waals surface area contributed by atoms with E-state index in [0.29, 0.717) is 0 Å². The fourth-order valence-corrected chi connectivity index (χ4v) is 1.18. The first-order valence-electron chi connectivity index (χ1n) is 4.47. The molecule has 0 aliphatic heterocycles. The summed E-state index contributed by atoms with van der Waals surface area (Å²) in [7, 11) is 0. The van der Waals surface area contributed by atoms with Crippen molar-refractivity contribution in [2.24, 2.45) is 0 Å². The fraction of sp³-hybridized carbons (Fsp3) is 0.500. The van der Waals surface area contributed by atoms with Gasteiger partial charge in [0, 0.05) is 6.04 Å². The Balaban J connectivity index is 3.27. The van der Waals surface area contributed by atoms with Crippen molar-refractivity contribution in [3.05, 3.63) is 15.8 Å². The van der Waals surface area contributed by atoms with Gasteiger partial charge in [0.1, 0.15) is 5.69 Å². The van der Waals surface area contributed by atoms with Gasteiger partial charge in [-0.1, -0.05) is 0 Å². The number of nitrogen functional groups attached to an aromatic ring is 1. The van der Waals surface area contributed by atoms with E-state index in [1.807, 2.05) is 13.8 Å². The summed E-state index contributed by atoms with van der Waals surface area (Å²) in [5.41, 5.74) is 5.55. The summed E-state index contributed by atoms with van der Waals surface area (Å²) in [4.78, 5) is 17.8. The van der Waals surface area contributed by atoms with Gasteiger partial charge in [0.05, 0.1) is 4.92 Å². The highest BCUT2D eigenvalue weighted by molar-refractivity contribution is 5.60. The molecule has 0 aliphatic rings. The van der Waals surface area contributed by atoms with E-state index in [0.717, 1.165) is 0 Å². The summed E-state index contributed by atoms with van der Waals surface area (Å²) in [6.45, 7) is 5.25. The number of nitrogens with zero attached hydrogens (tertiary/aromatic N) is 3. The summed E-state index contributed by atoms with van der Waals surface area (Å²) in [5, 5.41) is 13.6. The normalized spacial score (nSPS) is 10.4. The number of aryl methyl sites for hydroxylation is 1. The van der Waals surface area contributed by atoms with Gasteiger partial charge in [-0.15, -0.1) is 0 Å². The third-order valence-corrected chi connectivity index (χ3v) is 1.68. The number of aromatic nitrogens is 2. The number of nitrogens with two attached hydrogens (primary N) is 1. The highest BCUT2D eigenvalue weighted by Gasteiger charge is 2.21. The number of hydrogen-bond donors (Lipinski definition) is 2. The molecule has 1 rings (SSSR count). The van der Waals surface area contributed by atoms with Gasteiger partial charge in [0.25, 0.3) is 0 Å². The van der Waals surface area contributed by atoms with E-state index < -0.39 is 4.92 Å². The van der Waals surface area contributed by atoms with Gasteiger partial charge < -0.3 is 11.1 Å². The quantitative estimate of drug-likeness (QED) is 0.572. The van der Waals surface area contributed by atoms with Crippen molar-refractivity contribution in [2.75, 3.05) is 11.1 Å². The standard InChI is InChI=1S/C8H13N5O2/c1-4(2)10-7-6(13(14)15)5(3)11-8(9)12-7/h4H,1-3H3,(H3,9,10,11,12). The second-order valence-corrected chi connectivity index (χ2v) is 3.42. The first-order valence-corrected chi connectivity index (χ1v) is 4.47. The summed E-state index contributed by atoms with van der Waals surface area (Å²) in [6, 6.07) is 0.0393. The van der Waals surface area contributed by atoms with Gasteiger partial charge in [-0.05, 0) is 20.8 Å². The number of hydrogen-bond acceptors (Lipinski definition) is 6. The highest BCUT2D eigenvalue weighted by Crippen LogP contribution is 2.25. The largest absolute Gasteiger partial charge is 0.368 e. The third-order valence-electron chi connectivity index (χ3n) is 1.68. The minimum atomic E-state index is -0.514. The number of nitrogens with one attached hydrogen (secondary N) is 1. The molecule has 0 amide bonds. The van der Waals surface area contributed by atoms with E-state index in [2.05, 4.69) is 15.3 Å². The lowest BCUT2D eigenvalue weighted by Crippen LogP contribution is -2.15. The van der Waals surface area contributed by atoms with Crippen molar-refractivity contribution in [1.29, 1.82) is 0 Å². The third kappa shape index (κ3) is 2.52. The van der Waals surface area contributed by atoms with Gasteiger partial charge in [-0.2, -0.15) is 4.98 Å². The molecule has 15 heavy (non-hydrogen) atoms. The maximum Gasteiger partial charge on any atom is 0.332 e. The summed E-state index contributed by atoms with van der Waals surface area (Å²) >= 11 is 0. The average Bonchev–Trinajstić information content (AvgIpc) is 1.99. The predicted octanol–water partition coefficient (Wildman–Crippen LogP) is 1.10. The molecule has 0 aliphatic carbocycles. The van der Waals surface area contributed by atoms with Crippen molar-refractivity contribution < 1.29 is 4.92 Å². The SMILES string of the molecule is Cc1nc(N)nc(NC(C)C)c1[N+](=O)[O-]. The van der Waals surface area contributed by atoms with Crippen LogP contribution in [0.25, 0.3) is 0 Å². The van der Waals surface area contributed by atoms with Crippen molar-refractivity contribution in [3.63, 3.8) is 0 Å². The van der Waals surface area contributed by atoms with Crippen LogP contribution >= 0.6 is 0 Å². The zero-order valence-corrected chi connectivity index (χ0v) is 8.81. The molecular formula is C8H13N5O2. The van der Waals surface area contributed by atoms with E-state index in [1.54, 1.807) is 0 Å². The van der Waals surface area contributed by atoms with Crippen LogP contribution in [0.1, 0.15) is 19.5 Å². The molecule has 0 unspecified atom stereocenters. The summed E-state index contributed by atoms with van der Waals surface area (Å²) in [6.07, 6.45) is 0. The lowest BCUT2D eigenvalue weighted by Gasteiger charge is -2.10. The second-order valence-electron chi connectivity index (χ2n) is 3.42. The van der Waals surface area contributed by atoms with E-state index in [9.17, 15) is 10.1 Å². The van der Waals surface area contributed by atoms with Crippen molar-refractivity contribution in [1.82, 2.24) is 9.97 Å². The van der Waals surface area contributed by atoms with Gasteiger partial charge >= 0.3 is 5.69 Å². The Bertz CT molecular complexity index is 391. The van der Waals surface area contributed by atoms with Crippen molar-refractivity contribution in [2.45, 2.75) is 26.8 Å². The van der Waals surface area contributed by atoms with Crippen LogP contribution in [0.5, 0.6) is 0 Å². The molecule has 0 saturated heterocycles. The Hall–Kier alpha value is -1.92. The fourth-order valence-electron chi connectivity index (χ4n) is 1.18. The molecule has 0 aromatic carbocycles. The number of anilines is 2. The number of rotatable bonds is 3. The van der Waals surface area contributed by atoms with E-state index in [1.165, 1.54) is 6.92 Å². The highest BCUT2D eigenvalue weighted by atomic mass is 16.6. The Morgan fingerprint density at radius 3 is 2.53 bits per heavy atom. The van der Waals surface area contributed by atoms with E-state index in [-0.39, 0.29) is 29.2 Å². The van der Waals surface area contributed by atoms with Crippen LogP contribution in [0.4, 0.5) is 17.5 Å². The molecule has 1 heterocycles. The molecule has 0 radical (unpaired) electrons. The van der Waals surface area contributed by atoms with Crippen LogP contribution in [0.2, 0.25) is 0 Å². The second kappa shape index (κ2) is 4.07. The lowest BCUT2D eigenvalue weighted by molar-refractivity contribution is -0.385. The Kier molecular flexibility index (Phi) is 3.03. The Morgan fingerprint density at radius 1 is 1.47 bits per heavy atom. The summed E-state index contributed by atoms with van der Waals surface area (Å²) in [5.74, 6) is 0.196. The molecule has 0 atom stereocenters. The van der Waals surface area contributed by atoms with Crippen molar-refractivity contribution in [3.8, 4) is 0 Å². The molecule has 1 aromatic heterocycles. The molecule has 0 spiro atoms. The Morgan fingerprint density at radius 2 is 2.07 bits per heavy atom. The molecule has 7 nitrogen and oxygen atoms in total. The van der Waals surface area contributed by atoms with Crippen molar-refractivity contribution >= 4 is 17.5 Å². The minimum Gasteiger partial charge on any atom is -0.368 e. The molecule has 1 aromatic rings. The summed E-state index contributed by atoms with van der Waals surface area (Å²) < 4.78 is 0. The van der Waals surface area contributed by atoms with Gasteiger partial charge in [0.2, 0.25) is 11.8 Å². The maximum absolute atomic E-state index is 10.8. The van der Waals surface area contributed by atoms with Crippen LogP contribution < -0.4 is 11.1 Å². The van der Waals surface area contributed by atoms with Gasteiger partial charge in [0.15, 0.2) is 0 Å². The van der Waals surface area contributed by atoms with Crippen LogP contribution in [0.3, 0.4) is 0 Å². The predicted molar refractivity (Wildman–Crippen MR) is 56.6 cm³/mol. The Labute approximate surface area is 86.9 Å². The van der Waals surface area contributed by atoms with Crippen LogP contribution in [-0.2, 0) is 0 Å². The van der Waals surface area contributed by atoms with Gasteiger partial charge in [-0.3, -0.25) is 10.1 Å². The van der Waals surface area contributed by atoms with Crippen LogP contribution in [-0.4, -0.2) is 20.9 Å². The smallest absolute Gasteiger partial charge is 0.332 e. The minimum absolute atomic E-state index is 0.0289. The first-order chi connectivity index (χ1) is 6.91. The maximum atomic E-state index is 10.8. The molecule has 0 bridgehead atoms. The molecule has 82 valence electrons. The first kappa shape index (κ1) is 11.2. The molecule has 0 fully saturated rings. The number of nitro groups is 1. The van der Waals surface area contributed by atoms with Crippen LogP contribution in [0.15, 0.2) is 0 Å².